The van der Waals surface area contributed by atoms with Crippen molar-refractivity contribution in [1.29, 1.82) is 0 Å². The summed E-state index contributed by atoms with van der Waals surface area (Å²) in [5.41, 5.74) is 2.52. The highest BCUT2D eigenvalue weighted by atomic mass is 16.5. The molecule has 0 aliphatic carbocycles. The first-order valence-corrected chi connectivity index (χ1v) is 9.46. The molecule has 1 aliphatic heterocycles. The maximum absolute atomic E-state index is 12.6. The van der Waals surface area contributed by atoms with Crippen LogP contribution in [-0.4, -0.2) is 50.9 Å². The van der Waals surface area contributed by atoms with Crippen molar-refractivity contribution in [1.82, 2.24) is 19.9 Å². The molecule has 0 bridgehead atoms. The molecule has 0 unspecified atom stereocenters. The van der Waals surface area contributed by atoms with Gasteiger partial charge in [0.1, 0.15) is 5.76 Å². The molecule has 0 spiro atoms. The highest BCUT2D eigenvalue weighted by molar-refractivity contribution is 5.94. The smallest absolute Gasteiger partial charge is 0.253 e. The van der Waals surface area contributed by atoms with Crippen molar-refractivity contribution in [3.8, 4) is 0 Å². The monoisotopic (exact) mass is 374 g/mol. The lowest BCUT2D eigenvalue weighted by atomic mass is 10.0. The molecule has 1 aliphatic rings. The number of likely N-dealkylation sites (tertiary alicyclic amines) is 1. The Morgan fingerprint density at radius 2 is 2.15 bits per heavy atom. The summed E-state index contributed by atoms with van der Waals surface area (Å²) in [6.07, 6.45) is 3.87. The third-order valence-corrected chi connectivity index (χ3v) is 5.28. The Balaban J connectivity index is 1.57. The van der Waals surface area contributed by atoms with Gasteiger partial charge in [-0.25, -0.2) is 0 Å². The van der Waals surface area contributed by atoms with Gasteiger partial charge in [0.25, 0.3) is 5.91 Å². The number of β-amino-alcohol motifs (C(OH)–C–C–N with tert-alkyl or cyclic N) is 1. The number of aliphatic hydroxyl groups is 1. The first-order valence-electron chi connectivity index (χ1n) is 9.46. The highest BCUT2D eigenvalue weighted by Crippen LogP contribution is 2.20. The summed E-state index contributed by atoms with van der Waals surface area (Å²) in [5.74, 6) is 0.682. The number of nitrogens with zero attached hydrogens (tertiary/aromatic N) is 3. The van der Waals surface area contributed by atoms with Gasteiger partial charge < -0.3 is 19.5 Å². The van der Waals surface area contributed by atoms with E-state index >= 15 is 0 Å². The highest BCUT2D eigenvalue weighted by Gasteiger charge is 2.30. The summed E-state index contributed by atoms with van der Waals surface area (Å²) in [6.45, 7) is 12.1. The number of amides is 1. The Kier molecular flexibility index (Phi) is 5.44. The van der Waals surface area contributed by atoms with Crippen LogP contribution in [0, 0.1) is 13.8 Å². The van der Waals surface area contributed by atoms with Gasteiger partial charge >= 0.3 is 0 Å². The molecule has 2 atom stereocenters. The van der Waals surface area contributed by atoms with E-state index in [0.29, 0.717) is 25.1 Å². The third-order valence-electron chi connectivity index (χ3n) is 5.28. The van der Waals surface area contributed by atoms with Crippen LogP contribution in [0.15, 0.2) is 23.0 Å². The predicted molar refractivity (Wildman–Crippen MR) is 103 cm³/mol. The van der Waals surface area contributed by atoms with Crippen molar-refractivity contribution in [2.24, 2.45) is 0 Å². The second-order valence-corrected chi connectivity index (χ2v) is 8.45. The van der Waals surface area contributed by atoms with Crippen LogP contribution in [0.25, 0.3) is 0 Å². The summed E-state index contributed by atoms with van der Waals surface area (Å²) in [5, 5.41) is 17.5. The Morgan fingerprint density at radius 3 is 2.70 bits per heavy atom. The summed E-state index contributed by atoms with van der Waals surface area (Å²) >= 11 is 0. The zero-order chi connectivity index (χ0) is 19.8. The molecule has 7 nitrogen and oxygen atoms in total. The minimum absolute atomic E-state index is 0.0679. The van der Waals surface area contributed by atoms with E-state index < -0.39 is 6.10 Å². The maximum Gasteiger partial charge on any atom is 0.253 e. The van der Waals surface area contributed by atoms with Crippen LogP contribution < -0.4 is 5.32 Å². The van der Waals surface area contributed by atoms with E-state index in [1.165, 1.54) is 0 Å². The molecule has 0 aromatic carbocycles. The standard InChI is InChI=1S/C20H30N4O3/c1-13-16(14(2)27-22-13)11-23-8-7-17(18(25)12-23)21-19(26)15-6-9-24(10-15)20(3,4)5/h6,9-10,17-18,25H,7-8,11-12H2,1-5H3,(H,21,26)/t17-,18-/m1/s1. The van der Waals surface area contributed by atoms with E-state index in [0.717, 1.165) is 23.6 Å². The summed E-state index contributed by atoms with van der Waals surface area (Å²) < 4.78 is 7.23. The van der Waals surface area contributed by atoms with Crippen LogP contribution in [0.4, 0.5) is 0 Å². The number of nitrogens with one attached hydrogen (secondary N) is 1. The number of hydrogen-bond donors (Lipinski definition) is 2. The predicted octanol–water partition coefficient (Wildman–Crippen LogP) is 2.21. The quantitative estimate of drug-likeness (QED) is 0.857. The average molecular weight is 374 g/mol. The minimum Gasteiger partial charge on any atom is -0.390 e. The molecule has 3 rings (SSSR count). The zero-order valence-corrected chi connectivity index (χ0v) is 16.8. The Bertz CT molecular complexity index is 783. The van der Waals surface area contributed by atoms with Gasteiger partial charge in [0.15, 0.2) is 0 Å². The average Bonchev–Trinajstić information content (AvgIpc) is 3.20. The van der Waals surface area contributed by atoms with Gasteiger partial charge in [-0.3, -0.25) is 9.69 Å². The summed E-state index contributed by atoms with van der Waals surface area (Å²) in [4.78, 5) is 14.7. The SMILES string of the molecule is Cc1noc(C)c1CN1CC[C@@H](NC(=O)c2ccn(C(C)(C)C)c2)[C@H](O)C1. The van der Waals surface area contributed by atoms with Gasteiger partial charge in [-0.2, -0.15) is 0 Å². The van der Waals surface area contributed by atoms with Gasteiger partial charge in [0, 0.05) is 43.1 Å². The maximum atomic E-state index is 12.6. The molecule has 1 saturated heterocycles. The fourth-order valence-corrected chi connectivity index (χ4v) is 3.46. The van der Waals surface area contributed by atoms with Gasteiger partial charge in [-0.05, 0) is 47.1 Å². The molecule has 0 radical (unpaired) electrons. The van der Waals surface area contributed by atoms with Gasteiger partial charge in [-0.15, -0.1) is 0 Å². The van der Waals surface area contributed by atoms with E-state index in [1.54, 1.807) is 0 Å². The number of carbonyl (C=O) groups is 1. The van der Waals surface area contributed by atoms with Crippen LogP contribution in [-0.2, 0) is 12.1 Å². The van der Waals surface area contributed by atoms with Crippen LogP contribution >= 0.6 is 0 Å². The van der Waals surface area contributed by atoms with Crippen molar-refractivity contribution in [3.05, 3.63) is 41.0 Å². The second kappa shape index (κ2) is 7.48. The Morgan fingerprint density at radius 1 is 1.41 bits per heavy atom. The first-order chi connectivity index (χ1) is 12.6. The van der Waals surface area contributed by atoms with Crippen molar-refractivity contribution in [3.63, 3.8) is 0 Å². The molecule has 0 saturated carbocycles. The molecule has 1 fully saturated rings. The number of aryl methyl sites for hydroxylation is 2. The normalized spacial score (nSPS) is 21.4. The van der Waals surface area contributed by atoms with E-state index in [4.69, 9.17) is 4.52 Å². The number of carbonyl (C=O) groups excluding carboxylic acids is 1. The molecule has 2 N–H and O–H groups in total. The Labute approximate surface area is 160 Å². The minimum atomic E-state index is -0.604. The number of piperidine rings is 1. The molecule has 1 amide bonds. The van der Waals surface area contributed by atoms with Crippen LogP contribution in [0.1, 0.15) is 54.6 Å². The molecular weight excluding hydrogens is 344 g/mol. The fraction of sp³-hybridized carbons (Fsp3) is 0.600. The molecular formula is C20H30N4O3. The van der Waals surface area contributed by atoms with Crippen molar-refractivity contribution < 1.29 is 14.4 Å². The molecule has 7 heteroatoms. The number of aromatic nitrogens is 2. The number of rotatable bonds is 4. The third kappa shape index (κ3) is 4.42. The summed E-state index contributed by atoms with van der Waals surface area (Å²) in [6, 6.07) is 1.58. The molecule has 148 valence electrons. The van der Waals surface area contributed by atoms with Crippen LogP contribution in [0.3, 0.4) is 0 Å². The molecule has 27 heavy (non-hydrogen) atoms. The molecule has 3 heterocycles. The van der Waals surface area contributed by atoms with E-state index in [2.05, 4.69) is 36.1 Å². The van der Waals surface area contributed by atoms with Crippen molar-refractivity contribution in [2.75, 3.05) is 13.1 Å². The van der Waals surface area contributed by atoms with Crippen LogP contribution in [0.2, 0.25) is 0 Å². The Hall–Kier alpha value is -2.12. The lowest BCUT2D eigenvalue weighted by Crippen LogP contribution is -2.53. The molecule has 2 aromatic heterocycles. The lowest BCUT2D eigenvalue weighted by molar-refractivity contribution is 0.0347. The van der Waals surface area contributed by atoms with Crippen molar-refractivity contribution in [2.45, 2.75) is 65.3 Å². The number of hydrogen-bond acceptors (Lipinski definition) is 5. The molecule has 2 aromatic rings. The van der Waals surface area contributed by atoms with Gasteiger partial charge in [0.05, 0.1) is 23.4 Å². The second-order valence-electron chi connectivity index (χ2n) is 8.45. The topological polar surface area (TPSA) is 83.5 Å². The van der Waals surface area contributed by atoms with Crippen molar-refractivity contribution >= 4 is 5.91 Å². The van der Waals surface area contributed by atoms with Gasteiger partial charge in [-0.1, -0.05) is 5.16 Å². The van der Waals surface area contributed by atoms with Gasteiger partial charge in [0.2, 0.25) is 0 Å². The first kappa shape index (κ1) is 19.6. The van der Waals surface area contributed by atoms with Crippen LogP contribution in [0.5, 0.6) is 0 Å². The van der Waals surface area contributed by atoms with E-state index in [1.807, 2.05) is 36.9 Å². The largest absolute Gasteiger partial charge is 0.390 e. The van der Waals surface area contributed by atoms with E-state index in [9.17, 15) is 9.90 Å². The summed E-state index contributed by atoms with van der Waals surface area (Å²) in [7, 11) is 0. The zero-order valence-electron chi connectivity index (χ0n) is 16.8. The number of aliphatic hydroxyl groups excluding tert-OH is 1. The fourth-order valence-electron chi connectivity index (χ4n) is 3.46. The van der Waals surface area contributed by atoms with E-state index in [-0.39, 0.29) is 17.5 Å². The lowest BCUT2D eigenvalue weighted by Gasteiger charge is -2.36.